The number of nitrogens with one attached hydrogen (secondary N) is 2. The first-order valence-electron chi connectivity index (χ1n) is 10.9. The highest BCUT2D eigenvalue weighted by Gasteiger charge is 2.63. The molecule has 0 radical (unpaired) electrons. The third-order valence-electron chi connectivity index (χ3n) is 6.57. The van der Waals surface area contributed by atoms with Crippen molar-refractivity contribution in [3.8, 4) is 5.75 Å². The van der Waals surface area contributed by atoms with Crippen molar-refractivity contribution in [2.45, 2.75) is 38.3 Å². The molecule has 178 valence electrons. The molecule has 2 N–H and O–H groups in total. The fraction of sp³-hybridized carbons (Fsp3) is 0.636. The predicted octanol–water partition coefficient (Wildman–Crippen LogP) is 3.12. The van der Waals surface area contributed by atoms with Gasteiger partial charge in [-0.3, -0.25) is 9.59 Å². The first-order valence-corrected chi connectivity index (χ1v) is 10.9. The summed E-state index contributed by atoms with van der Waals surface area (Å²) in [6.07, 6.45) is -2.78. The second kappa shape index (κ2) is 10.1. The number of piperidine rings is 1. The Kier molecular flexibility index (Phi) is 7.63. The van der Waals surface area contributed by atoms with Crippen molar-refractivity contribution >= 4 is 11.8 Å². The number of amides is 2. The van der Waals surface area contributed by atoms with Gasteiger partial charge in [0.2, 0.25) is 5.91 Å². The number of halogens is 4. The summed E-state index contributed by atoms with van der Waals surface area (Å²) in [7, 11) is 1.44. The Labute approximate surface area is 184 Å². The van der Waals surface area contributed by atoms with Crippen LogP contribution in [0.4, 0.5) is 17.6 Å². The van der Waals surface area contributed by atoms with Gasteiger partial charge in [-0.25, -0.2) is 4.39 Å². The Morgan fingerprint density at radius 1 is 1.19 bits per heavy atom. The molecule has 3 rings (SSSR count). The number of hydrogen-bond donors (Lipinski definition) is 2. The first-order chi connectivity index (χ1) is 15.2. The molecule has 0 unspecified atom stereocenters. The quantitative estimate of drug-likeness (QED) is 0.586. The molecular formula is C22H29F4N3O3. The fourth-order valence-electron chi connectivity index (χ4n) is 4.22. The fourth-order valence-corrected chi connectivity index (χ4v) is 4.22. The highest BCUT2D eigenvalue weighted by Crippen LogP contribution is 2.53. The maximum Gasteiger partial charge on any atom is 0.403 e. The van der Waals surface area contributed by atoms with Gasteiger partial charge in [-0.05, 0) is 62.9 Å². The summed E-state index contributed by atoms with van der Waals surface area (Å²) in [5.74, 6) is -1.41. The Morgan fingerprint density at radius 2 is 1.88 bits per heavy atom. The van der Waals surface area contributed by atoms with E-state index >= 15 is 0 Å². The van der Waals surface area contributed by atoms with E-state index in [-0.39, 0.29) is 30.9 Å². The number of carbonyl (C=O) groups excluding carboxylic acids is 2. The van der Waals surface area contributed by atoms with Crippen LogP contribution in [0.3, 0.4) is 0 Å². The van der Waals surface area contributed by atoms with Gasteiger partial charge in [-0.15, -0.1) is 0 Å². The second-order valence-corrected chi connectivity index (χ2v) is 8.53. The largest absolute Gasteiger partial charge is 0.497 e. The van der Waals surface area contributed by atoms with Gasteiger partial charge in [0.25, 0.3) is 5.91 Å². The zero-order chi connectivity index (χ0) is 23.4. The highest BCUT2D eigenvalue weighted by atomic mass is 19.4. The molecular weight excluding hydrogens is 430 g/mol. The zero-order valence-corrected chi connectivity index (χ0v) is 18.1. The van der Waals surface area contributed by atoms with Gasteiger partial charge < -0.3 is 20.3 Å². The van der Waals surface area contributed by atoms with Gasteiger partial charge in [-0.2, -0.15) is 13.2 Å². The van der Waals surface area contributed by atoms with E-state index in [0.29, 0.717) is 38.3 Å². The molecule has 2 amide bonds. The molecule has 1 heterocycles. The Bertz CT molecular complexity index is 819. The molecule has 0 aromatic heterocycles. The molecule has 1 aromatic carbocycles. The zero-order valence-electron chi connectivity index (χ0n) is 18.1. The summed E-state index contributed by atoms with van der Waals surface area (Å²) in [5, 5.41) is 5.22. The first kappa shape index (κ1) is 24.3. The van der Waals surface area contributed by atoms with E-state index in [9.17, 15) is 27.2 Å². The lowest BCUT2D eigenvalue weighted by Gasteiger charge is -2.41. The summed E-state index contributed by atoms with van der Waals surface area (Å²) in [4.78, 5) is 26.5. The molecule has 1 aromatic rings. The summed E-state index contributed by atoms with van der Waals surface area (Å²) in [5.41, 5.74) is -2.28. The standard InChI is InChI=1S/C22H29F4N3O3/c1-32-16-3-4-18(23)17(13-16)19(30)28-14-15-5-10-29(11-6-15)12-9-27-20(31)21(7-2-8-21)22(24,25)26/h3-4,13,15H,2,5-12,14H2,1H3,(H,27,31)(H,28,30). The van der Waals surface area contributed by atoms with Crippen LogP contribution in [-0.4, -0.2) is 62.7 Å². The molecule has 2 fully saturated rings. The molecule has 1 saturated carbocycles. The summed E-state index contributed by atoms with van der Waals surface area (Å²) < 4.78 is 58.5. The maximum atomic E-state index is 13.9. The van der Waals surface area contributed by atoms with Crippen LogP contribution in [0.2, 0.25) is 0 Å². The average Bonchev–Trinajstić information content (AvgIpc) is 2.71. The number of carbonyl (C=O) groups is 2. The molecule has 0 atom stereocenters. The molecule has 32 heavy (non-hydrogen) atoms. The summed E-state index contributed by atoms with van der Waals surface area (Å²) in [6.45, 7) is 2.50. The van der Waals surface area contributed by atoms with Crippen molar-refractivity contribution in [1.82, 2.24) is 15.5 Å². The number of hydrogen-bond acceptors (Lipinski definition) is 4. The van der Waals surface area contributed by atoms with Crippen molar-refractivity contribution in [3.05, 3.63) is 29.6 Å². The van der Waals surface area contributed by atoms with Crippen LogP contribution in [0.5, 0.6) is 5.75 Å². The highest BCUT2D eigenvalue weighted by molar-refractivity contribution is 5.94. The van der Waals surface area contributed by atoms with Crippen molar-refractivity contribution < 1.29 is 31.9 Å². The van der Waals surface area contributed by atoms with Crippen molar-refractivity contribution in [1.29, 1.82) is 0 Å². The van der Waals surface area contributed by atoms with Crippen LogP contribution in [0.25, 0.3) is 0 Å². The third-order valence-corrected chi connectivity index (χ3v) is 6.57. The van der Waals surface area contributed by atoms with Crippen LogP contribution in [0, 0.1) is 17.2 Å². The van der Waals surface area contributed by atoms with Gasteiger partial charge in [0, 0.05) is 19.6 Å². The molecule has 6 nitrogen and oxygen atoms in total. The average molecular weight is 459 g/mol. The SMILES string of the molecule is COc1ccc(F)c(C(=O)NCC2CCN(CCNC(=O)C3(C(F)(F)F)CCC3)CC2)c1. The number of benzene rings is 1. The number of rotatable bonds is 8. The summed E-state index contributed by atoms with van der Waals surface area (Å²) in [6, 6.07) is 3.99. The number of ether oxygens (including phenoxy) is 1. The Balaban J connectivity index is 1.37. The van der Waals surface area contributed by atoms with Crippen molar-refractivity contribution in [2.24, 2.45) is 11.3 Å². The minimum absolute atomic E-state index is 0.0689. The van der Waals surface area contributed by atoms with Crippen molar-refractivity contribution in [2.75, 3.05) is 39.8 Å². The predicted molar refractivity (Wildman–Crippen MR) is 110 cm³/mol. The molecule has 0 spiro atoms. The topological polar surface area (TPSA) is 70.7 Å². The van der Waals surface area contributed by atoms with E-state index < -0.39 is 29.2 Å². The Hall–Kier alpha value is -2.36. The Morgan fingerprint density at radius 3 is 2.44 bits per heavy atom. The van der Waals surface area contributed by atoms with E-state index in [0.717, 1.165) is 12.8 Å². The number of likely N-dealkylation sites (tertiary alicyclic amines) is 1. The van der Waals surface area contributed by atoms with Gasteiger partial charge in [0.1, 0.15) is 17.0 Å². The van der Waals surface area contributed by atoms with Crippen LogP contribution in [0.15, 0.2) is 18.2 Å². The second-order valence-electron chi connectivity index (χ2n) is 8.53. The van der Waals surface area contributed by atoms with Crippen LogP contribution >= 0.6 is 0 Å². The lowest BCUT2D eigenvalue weighted by Crippen LogP contribution is -2.55. The third kappa shape index (κ3) is 5.33. The van der Waals surface area contributed by atoms with E-state index in [4.69, 9.17) is 4.74 Å². The lowest BCUT2D eigenvalue weighted by molar-refractivity contribution is -0.243. The number of alkyl halides is 3. The molecule has 1 saturated heterocycles. The van der Waals surface area contributed by atoms with Gasteiger partial charge >= 0.3 is 6.18 Å². The van der Waals surface area contributed by atoms with E-state index in [1.807, 2.05) is 0 Å². The lowest BCUT2D eigenvalue weighted by atomic mass is 9.67. The maximum absolute atomic E-state index is 13.9. The van der Waals surface area contributed by atoms with Crippen molar-refractivity contribution in [3.63, 3.8) is 0 Å². The van der Waals surface area contributed by atoms with E-state index in [1.54, 1.807) is 0 Å². The molecule has 2 aliphatic rings. The van der Waals surface area contributed by atoms with E-state index in [2.05, 4.69) is 15.5 Å². The van der Waals surface area contributed by atoms with E-state index in [1.165, 1.54) is 25.3 Å². The van der Waals surface area contributed by atoms with Crippen LogP contribution in [-0.2, 0) is 4.79 Å². The van der Waals surface area contributed by atoms with Gasteiger partial charge in [0.15, 0.2) is 0 Å². The smallest absolute Gasteiger partial charge is 0.403 e. The molecule has 0 bridgehead atoms. The molecule has 1 aliphatic carbocycles. The van der Waals surface area contributed by atoms with Crippen LogP contribution < -0.4 is 15.4 Å². The minimum Gasteiger partial charge on any atom is -0.497 e. The molecule has 10 heteroatoms. The van der Waals surface area contributed by atoms with Gasteiger partial charge in [-0.1, -0.05) is 6.42 Å². The van der Waals surface area contributed by atoms with Crippen LogP contribution in [0.1, 0.15) is 42.5 Å². The monoisotopic (exact) mass is 459 g/mol. The number of methoxy groups -OCH3 is 1. The number of nitrogens with zero attached hydrogens (tertiary/aromatic N) is 1. The normalized spacial score (nSPS) is 19.2. The summed E-state index contributed by atoms with van der Waals surface area (Å²) >= 11 is 0. The van der Waals surface area contributed by atoms with Gasteiger partial charge in [0.05, 0.1) is 12.7 Å². The minimum atomic E-state index is -4.51. The molecule has 1 aliphatic heterocycles.